The van der Waals surface area contributed by atoms with E-state index in [0.29, 0.717) is 11.3 Å². The molecule has 0 aromatic heterocycles. The number of nitrogens with one attached hydrogen (secondary N) is 1. The zero-order valence-corrected chi connectivity index (χ0v) is 10.2. The molecule has 0 fully saturated rings. The molecule has 0 aliphatic carbocycles. The number of anilines is 2. The first-order chi connectivity index (χ1) is 8.95. The topological polar surface area (TPSA) is 55.1 Å². The summed E-state index contributed by atoms with van der Waals surface area (Å²) in [6.07, 6.45) is 0. The lowest BCUT2D eigenvalue weighted by Gasteiger charge is -2.08. The molecule has 3 nitrogen and oxygen atoms in total. The second kappa shape index (κ2) is 5.06. The molecular formula is C14H12F2N2O. The molecule has 0 aliphatic heterocycles. The Bertz CT molecular complexity index is 621. The van der Waals surface area contributed by atoms with E-state index < -0.39 is 17.5 Å². The first-order valence-corrected chi connectivity index (χ1v) is 5.59. The normalized spacial score (nSPS) is 10.3. The van der Waals surface area contributed by atoms with Gasteiger partial charge in [-0.15, -0.1) is 0 Å². The quantitative estimate of drug-likeness (QED) is 0.817. The lowest BCUT2D eigenvalue weighted by Crippen LogP contribution is -2.14. The van der Waals surface area contributed by atoms with E-state index in [2.05, 4.69) is 5.32 Å². The average Bonchev–Trinajstić information content (AvgIpc) is 2.26. The summed E-state index contributed by atoms with van der Waals surface area (Å²) in [4.78, 5) is 11.9. The fraction of sp³-hybridized carbons (Fsp3) is 0.0714. The molecule has 0 saturated heterocycles. The van der Waals surface area contributed by atoms with E-state index in [9.17, 15) is 13.6 Å². The summed E-state index contributed by atoms with van der Waals surface area (Å²) in [7, 11) is 0. The van der Waals surface area contributed by atoms with Crippen LogP contribution >= 0.6 is 0 Å². The van der Waals surface area contributed by atoms with E-state index in [1.165, 1.54) is 18.2 Å². The molecule has 2 rings (SSSR count). The Balaban J connectivity index is 2.25. The highest BCUT2D eigenvalue weighted by atomic mass is 19.1. The lowest BCUT2D eigenvalue weighted by atomic mass is 10.1. The Labute approximate surface area is 109 Å². The van der Waals surface area contributed by atoms with E-state index in [1.807, 2.05) is 0 Å². The van der Waals surface area contributed by atoms with Crippen molar-refractivity contribution in [2.24, 2.45) is 0 Å². The number of aryl methyl sites for hydroxylation is 1. The maximum absolute atomic E-state index is 13.2. The van der Waals surface area contributed by atoms with Crippen LogP contribution in [0, 0.1) is 18.6 Å². The van der Waals surface area contributed by atoms with Gasteiger partial charge < -0.3 is 11.1 Å². The molecule has 3 N–H and O–H groups in total. The summed E-state index contributed by atoms with van der Waals surface area (Å²) >= 11 is 0. The molecule has 98 valence electrons. The maximum Gasteiger partial charge on any atom is 0.257 e. The molecule has 2 aromatic carbocycles. The highest BCUT2D eigenvalue weighted by molar-refractivity contribution is 6.07. The van der Waals surface area contributed by atoms with Crippen molar-refractivity contribution in [1.29, 1.82) is 0 Å². The Morgan fingerprint density at radius 1 is 1.11 bits per heavy atom. The number of carbonyl (C=O) groups excluding carboxylic acids is 1. The van der Waals surface area contributed by atoms with E-state index in [-0.39, 0.29) is 11.3 Å². The minimum absolute atomic E-state index is 0.0330. The first kappa shape index (κ1) is 13.0. The summed E-state index contributed by atoms with van der Waals surface area (Å²) in [5, 5.41) is 2.52. The minimum atomic E-state index is -0.518. The zero-order chi connectivity index (χ0) is 14.0. The average molecular weight is 262 g/mol. The number of rotatable bonds is 2. The van der Waals surface area contributed by atoms with Crippen molar-refractivity contribution in [1.82, 2.24) is 0 Å². The van der Waals surface area contributed by atoms with Crippen molar-refractivity contribution < 1.29 is 13.6 Å². The van der Waals surface area contributed by atoms with Crippen LogP contribution in [0.15, 0.2) is 36.4 Å². The summed E-state index contributed by atoms with van der Waals surface area (Å²) in [5.74, 6) is -1.47. The summed E-state index contributed by atoms with van der Waals surface area (Å²) in [6, 6.07) is 7.66. The van der Waals surface area contributed by atoms with Gasteiger partial charge in [-0.1, -0.05) is 0 Å². The SMILES string of the molecule is Cc1cc(F)cc(NC(=O)c2ccc(F)cc2N)c1. The first-order valence-electron chi connectivity index (χ1n) is 5.59. The summed E-state index contributed by atoms with van der Waals surface area (Å²) in [6.45, 7) is 1.71. The number of benzene rings is 2. The van der Waals surface area contributed by atoms with Gasteiger partial charge in [0.15, 0.2) is 0 Å². The van der Waals surface area contributed by atoms with Crippen molar-refractivity contribution in [3.8, 4) is 0 Å². The smallest absolute Gasteiger partial charge is 0.257 e. The van der Waals surface area contributed by atoms with Crippen molar-refractivity contribution in [3.63, 3.8) is 0 Å². The van der Waals surface area contributed by atoms with Crippen molar-refractivity contribution in [2.45, 2.75) is 6.92 Å². The number of carbonyl (C=O) groups is 1. The molecule has 19 heavy (non-hydrogen) atoms. The van der Waals surface area contributed by atoms with Crippen LogP contribution in [0.2, 0.25) is 0 Å². The standard InChI is InChI=1S/C14H12F2N2O/c1-8-4-10(16)6-11(5-8)18-14(19)12-3-2-9(15)7-13(12)17/h2-7H,17H2,1H3,(H,18,19). The number of hydrogen-bond acceptors (Lipinski definition) is 2. The Hall–Kier alpha value is -2.43. The van der Waals surface area contributed by atoms with Crippen molar-refractivity contribution >= 4 is 17.3 Å². The molecule has 0 bridgehead atoms. The fourth-order valence-electron chi connectivity index (χ4n) is 1.75. The van der Waals surface area contributed by atoms with Gasteiger partial charge >= 0.3 is 0 Å². The van der Waals surface area contributed by atoms with Gasteiger partial charge in [0.25, 0.3) is 5.91 Å². The number of amides is 1. The predicted octanol–water partition coefficient (Wildman–Crippen LogP) is 3.11. The predicted molar refractivity (Wildman–Crippen MR) is 69.9 cm³/mol. The van der Waals surface area contributed by atoms with Gasteiger partial charge in [0.1, 0.15) is 11.6 Å². The largest absolute Gasteiger partial charge is 0.398 e. The molecule has 0 saturated carbocycles. The third kappa shape index (κ3) is 3.07. The zero-order valence-electron chi connectivity index (χ0n) is 10.2. The van der Waals surface area contributed by atoms with Crippen LogP contribution in [0.25, 0.3) is 0 Å². The second-order valence-corrected chi connectivity index (χ2v) is 4.20. The van der Waals surface area contributed by atoms with Gasteiger partial charge in [0.05, 0.1) is 5.56 Å². The number of halogens is 2. The van der Waals surface area contributed by atoms with E-state index in [0.717, 1.165) is 12.1 Å². The summed E-state index contributed by atoms with van der Waals surface area (Å²) in [5.41, 5.74) is 6.74. The van der Waals surface area contributed by atoms with Crippen LogP contribution in [0.3, 0.4) is 0 Å². The van der Waals surface area contributed by atoms with Gasteiger partial charge in [-0.25, -0.2) is 8.78 Å². The molecule has 5 heteroatoms. The van der Waals surface area contributed by atoms with Gasteiger partial charge in [-0.3, -0.25) is 4.79 Å². The third-order valence-corrected chi connectivity index (χ3v) is 2.56. The second-order valence-electron chi connectivity index (χ2n) is 4.20. The Kier molecular flexibility index (Phi) is 3.46. The van der Waals surface area contributed by atoms with Crippen molar-refractivity contribution in [2.75, 3.05) is 11.1 Å². The van der Waals surface area contributed by atoms with Crippen LogP contribution < -0.4 is 11.1 Å². The fourth-order valence-corrected chi connectivity index (χ4v) is 1.75. The van der Waals surface area contributed by atoms with E-state index in [4.69, 9.17) is 5.73 Å². The Morgan fingerprint density at radius 2 is 1.84 bits per heavy atom. The van der Waals surface area contributed by atoms with Gasteiger partial charge in [0.2, 0.25) is 0 Å². The molecule has 0 aliphatic rings. The molecule has 2 aromatic rings. The van der Waals surface area contributed by atoms with Crippen molar-refractivity contribution in [3.05, 3.63) is 59.2 Å². The van der Waals surface area contributed by atoms with Crippen LogP contribution in [0.1, 0.15) is 15.9 Å². The third-order valence-electron chi connectivity index (χ3n) is 2.56. The molecule has 1 amide bonds. The van der Waals surface area contributed by atoms with E-state index >= 15 is 0 Å². The monoisotopic (exact) mass is 262 g/mol. The molecule has 0 unspecified atom stereocenters. The van der Waals surface area contributed by atoms with E-state index in [1.54, 1.807) is 13.0 Å². The molecule has 0 heterocycles. The molecule has 0 spiro atoms. The van der Waals surface area contributed by atoms with Gasteiger partial charge in [-0.05, 0) is 48.9 Å². The Morgan fingerprint density at radius 3 is 2.47 bits per heavy atom. The summed E-state index contributed by atoms with van der Waals surface area (Å²) < 4.78 is 26.1. The highest BCUT2D eigenvalue weighted by Crippen LogP contribution is 2.18. The molecular weight excluding hydrogens is 250 g/mol. The number of hydrogen-bond donors (Lipinski definition) is 2. The van der Waals surface area contributed by atoms with Crippen LogP contribution in [0.5, 0.6) is 0 Å². The maximum atomic E-state index is 13.2. The molecule has 0 radical (unpaired) electrons. The molecule has 0 atom stereocenters. The lowest BCUT2D eigenvalue weighted by molar-refractivity contribution is 0.102. The highest BCUT2D eigenvalue weighted by Gasteiger charge is 2.11. The number of nitrogens with two attached hydrogens (primary N) is 1. The van der Waals surface area contributed by atoms with Gasteiger partial charge in [0, 0.05) is 11.4 Å². The number of nitrogen functional groups attached to an aromatic ring is 1. The minimum Gasteiger partial charge on any atom is -0.398 e. The van der Waals surface area contributed by atoms with Crippen LogP contribution in [-0.2, 0) is 0 Å². The van der Waals surface area contributed by atoms with Crippen LogP contribution in [0.4, 0.5) is 20.2 Å². The van der Waals surface area contributed by atoms with Gasteiger partial charge in [-0.2, -0.15) is 0 Å². The van der Waals surface area contributed by atoms with Crippen LogP contribution in [-0.4, -0.2) is 5.91 Å².